The zero-order valence-electron chi connectivity index (χ0n) is 16.3. The van der Waals surface area contributed by atoms with Crippen LogP contribution in [-0.2, 0) is 19.6 Å². The van der Waals surface area contributed by atoms with Gasteiger partial charge in [0, 0.05) is 49.6 Å². The number of hydrogen-bond acceptors (Lipinski definition) is 6. The van der Waals surface area contributed by atoms with Gasteiger partial charge in [-0.1, -0.05) is 6.42 Å². The monoisotopic (exact) mass is 412 g/mol. The molecule has 0 amide bonds. The smallest absolute Gasteiger partial charge is 0.247 e. The van der Waals surface area contributed by atoms with Crippen LogP contribution in [0.5, 0.6) is 0 Å². The van der Waals surface area contributed by atoms with Gasteiger partial charge in [0.15, 0.2) is 0 Å². The van der Waals surface area contributed by atoms with Crippen LogP contribution < -0.4 is 34.1 Å². The molecule has 12 heteroatoms. The van der Waals surface area contributed by atoms with E-state index in [0.29, 0.717) is 18.3 Å². The minimum Gasteiger partial charge on any atom is -0.247 e. The van der Waals surface area contributed by atoms with Crippen LogP contribution in [0.2, 0.25) is 0 Å². The predicted molar refractivity (Wildman–Crippen MR) is 106 cm³/mol. The van der Waals surface area contributed by atoms with Crippen molar-refractivity contribution in [1.29, 1.82) is 0 Å². The highest BCUT2D eigenvalue weighted by molar-refractivity contribution is 5.26. The van der Waals surface area contributed by atoms with Crippen LogP contribution in [0.1, 0.15) is 20.8 Å². The number of rotatable bonds is 3. The van der Waals surface area contributed by atoms with E-state index >= 15 is 0 Å². The normalized spacial score (nSPS) is 9.80. The molecule has 2 heterocycles. The Balaban J connectivity index is 2.73. The fraction of sp³-hybridized carbons (Fsp3) is 0.333. The largest absolute Gasteiger partial charge is 0.360 e. The predicted octanol–water partition coefficient (Wildman–Crippen LogP) is -3.53. The molecule has 2 aromatic heterocycles. The third kappa shape index (κ3) is 3.48. The molecule has 0 bridgehead atoms. The van der Waals surface area contributed by atoms with Crippen LogP contribution in [0.25, 0.3) is 0 Å². The van der Waals surface area contributed by atoms with Crippen molar-refractivity contribution < 1.29 is 0 Å². The summed E-state index contributed by atoms with van der Waals surface area (Å²) in [5, 5.41) is 0. The van der Waals surface area contributed by atoms with Gasteiger partial charge in [0.05, 0.1) is 0 Å². The standard InChI is InChI=1S/C18H16N6O6/c1-5-19-13(25)20(6-2)16(28)23(15(19)27)11-9-10-12-24-17(29)21(7-3)14(26)22(8-4)18(24)30/h1H,6-8H2,2-4H3. The van der Waals surface area contributed by atoms with Gasteiger partial charge in [0.25, 0.3) is 0 Å². The highest BCUT2D eigenvalue weighted by atomic mass is 16.2. The Hall–Kier alpha value is -4.50. The maximum absolute atomic E-state index is 12.3. The molecule has 0 atom stereocenters. The molecule has 0 fully saturated rings. The topological polar surface area (TPSA) is 132 Å². The van der Waals surface area contributed by atoms with Crippen molar-refractivity contribution in [2.24, 2.45) is 0 Å². The zero-order chi connectivity index (χ0) is 22.6. The lowest BCUT2D eigenvalue weighted by Gasteiger charge is -2.07. The molecule has 0 aliphatic heterocycles. The van der Waals surface area contributed by atoms with Crippen LogP contribution in [0.4, 0.5) is 0 Å². The molecule has 0 spiro atoms. The van der Waals surface area contributed by atoms with Gasteiger partial charge in [-0.05, 0) is 20.8 Å². The van der Waals surface area contributed by atoms with E-state index in [0.717, 1.165) is 9.13 Å². The zero-order valence-corrected chi connectivity index (χ0v) is 16.3. The Morgan fingerprint density at radius 1 is 0.567 bits per heavy atom. The van der Waals surface area contributed by atoms with Gasteiger partial charge >= 0.3 is 34.1 Å². The molecule has 0 saturated heterocycles. The van der Waals surface area contributed by atoms with Crippen LogP contribution in [-0.4, -0.2) is 27.4 Å². The summed E-state index contributed by atoms with van der Waals surface area (Å²) in [5.41, 5.74) is -5.80. The SMILES string of the molecule is C#Cn1c(=O)n(C#CC#Cn2c(=O)n(CC)c(=O)n(CC)c2=O)c(=O)n(CC)c1=O. The molecule has 0 unspecified atom stereocenters. The summed E-state index contributed by atoms with van der Waals surface area (Å²) in [6, 6.07) is 6.18. The molecule has 0 aliphatic carbocycles. The third-order valence-corrected chi connectivity index (χ3v) is 4.01. The van der Waals surface area contributed by atoms with E-state index in [9.17, 15) is 28.8 Å². The second-order valence-electron chi connectivity index (χ2n) is 5.54. The van der Waals surface area contributed by atoms with Crippen molar-refractivity contribution in [3.05, 3.63) is 62.9 Å². The maximum Gasteiger partial charge on any atom is 0.360 e. The molecule has 0 aliphatic rings. The molecular formula is C18H16N6O6. The van der Waals surface area contributed by atoms with Crippen LogP contribution in [0.3, 0.4) is 0 Å². The summed E-state index contributed by atoms with van der Waals surface area (Å²) in [4.78, 5) is 73.0. The van der Waals surface area contributed by atoms with Crippen LogP contribution in [0.15, 0.2) is 28.8 Å². The molecule has 2 rings (SSSR count). The van der Waals surface area contributed by atoms with E-state index in [1.165, 1.54) is 6.92 Å². The second kappa shape index (κ2) is 8.67. The molecule has 0 radical (unpaired) electrons. The Morgan fingerprint density at radius 2 is 0.900 bits per heavy atom. The molecule has 30 heavy (non-hydrogen) atoms. The van der Waals surface area contributed by atoms with Crippen molar-refractivity contribution in [2.45, 2.75) is 40.4 Å². The minimum atomic E-state index is -1.16. The highest BCUT2D eigenvalue weighted by Crippen LogP contribution is 1.74. The summed E-state index contributed by atoms with van der Waals surface area (Å²) in [6.07, 6.45) is 5.13. The lowest BCUT2D eigenvalue weighted by molar-refractivity contribution is 0.517. The number of aromatic nitrogens is 6. The second-order valence-corrected chi connectivity index (χ2v) is 5.54. The van der Waals surface area contributed by atoms with Gasteiger partial charge in [-0.2, -0.15) is 13.7 Å². The van der Waals surface area contributed by atoms with Crippen LogP contribution in [0, 0.1) is 36.4 Å². The maximum atomic E-state index is 12.3. The molecular weight excluding hydrogens is 396 g/mol. The highest BCUT2D eigenvalue weighted by Gasteiger charge is 2.13. The van der Waals surface area contributed by atoms with E-state index in [2.05, 4.69) is 23.9 Å². The molecule has 0 aromatic carbocycles. The molecule has 2 aromatic rings. The Kier molecular flexibility index (Phi) is 6.30. The first-order valence-electron chi connectivity index (χ1n) is 8.69. The Labute approximate surface area is 167 Å². The Bertz CT molecular complexity index is 1500. The minimum absolute atomic E-state index is 0.0187. The summed E-state index contributed by atoms with van der Waals surface area (Å²) in [5.74, 6) is 4.33. The van der Waals surface area contributed by atoms with E-state index < -0.39 is 34.1 Å². The lowest BCUT2D eigenvalue weighted by Crippen LogP contribution is -2.53. The average Bonchev–Trinajstić information content (AvgIpc) is 2.70. The molecule has 154 valence electrons. The quantitative estimate of drug-likeness (QED) is 0.480. The summed E-state index contributed by atoms with van der Waals surface area (Å²) in [6.45, 7) is 4.58. The van der Waals surface area contributed by atoms with Gasteiger partial charge in [-0.15, -0.1) is 0 Å². The van der Waals surface area contributed by atoms with Gasteiger partial charge in [-0.25, -0.2) is 42.5 Å². The van der Waals surface area contributed by atoms with Gasteiger partial charge in [-0.3, -0.25) is 0 Å². The van der Waals surface area contributed by atoms with Crippen molar-refractivity contribution in [1.82, 2.24) is 27.4 Å². The fourth-order valence-corrected chi connectivity index (χ4v) is 2.50. The number of terminal acetylenes is 1. The van der Waals surface area contributed by atoms with E-state index in [1.54, 1.807) is 13.8 Å². The van der Waals surface area contributed by atoms with Gasteiger partial charge < -0.3 is 0 Å². The van der Waals surface area contributed by atoms with Crippen LogP contribution >= 0.6 is 0 Å². The first-order valence-corrected chi connectivity index (χ1v) is 8.69. The molecule has 0 N–H and O–H groups in total. The number of hydrogen-bond donors (Lipinski definition) is 0. The first-order chi connectivity index (χ1) is 14.2. The number of nitrogens with zero attached hydrogens (tertiary/aromatic N) is 6. The first kappa shape index (κ1) is 21.8. The summed E-state index contributed by atoms with van der Waals surface area (Å²) >= 11 is 0. The average molecular weight is 412 g/mol. The molecule has 0 saturated carbocycles. The van der Waals surface area contributed by atoms with Gasteiger partial charge in [0.2, 0.25) is 0 Å². The van der Waals surface area contributed by atoms with E-state index in [-0.39, 0.29) is 19.6 Å². The Morgan fingerprint density at radius 3 is 1.27 bits per heavy atom. The van der Waals surface area contributed by atoms with Crippen molar-refractivity contribution in [3.8, 4) is 36.4 Å². The van der Waals surface area contributed by atoms with Gasteiger partial charge in [0.1, 0.15) is 0 Å². The van der Waals surface area contributed by atoms with E-state index in [1.807, 2.05) is 6.04 Å². The lowest BCUT2D eigenvalue weighted by atomic mass is 10.6. The summed E-state index contributed by atoms with van der Waals surface area (Å²) < 4.78 is 3.60. The molecule has 12 nitrogen and oxygen atoms in total. The fourth-order valence-electron chi connectivity index (χ4n) is 2.50. The van der Waals surface area contributed by atoms with Crippen molar-refractivity contribution >= 4 is 0 Å². The van der Waals surface area contributed by atoms with Crippen molar-refractivity contribution in [2.75, 3.05) is 0 Å². The third-order valence-electron chi connectivity index (χ3n) is 4.01. The van der Waals surface area contributed by atoms with E-state index in [4.69, 9.17) is 6.42 Å². The van der Waals surface area contributed by atoms with Crippen molar-refractivity contribution in [3.63, 3.8) is 0 Å². The summed E-state index contributed by atoms with van der Waals surface area (Å²) in [7, 11) is 0.